The Kier molecular flexibility index (Phi) is 5.81. The number of hydrogen-bond donors (Lipinski definition) is 2. The Bertz CT molecular complexity index is 458. The predicted octanol–water partition coefficient (Wildman–Crippen LogP) is 2.31. The highest BCUT2D eigenvalue weighted by Gasteiger charge is 2.11. The third-order valence-corrected chi connectivity index (χ3v) is 2.20. The summed E-state index contributed by atoms with van der Waals surface area (Å²) in [7, 11) is 0. The molecule has 0 aliphatic carbocycles. The van der Waals surface area contributed by atoms with Gasteiger partial charge in [-0.25, -0.2) is 0 Å². The molecule has 0 aromatic heterocycles. The summed E-state index contributed by atoms with van der Waals surface area (Å²) in [5.74, 6) is 0.481. The Hall–Kier alpha value is -2.08. The number of nitrogens with two attached hydrogens (primary N) is 1. The minimum Gasteiger partial charge on any atom is -0.491 e. The molecule has 6 heteroatoms. The van der Waals surface area contributed by atoms with E-state index >= 15 is 0 Å². The average molecular weight is 265 g/mol. The summed E-state index contributed by atoms with van der Waals surface area (Å²) >= 11 is 0. The number of anilines is 1. The molecule has 0 aliphatic rings. The summed E-state index contributed by atoms with van der Waals surface area (Å²) in [6.45, 7) is 4.77. The fourth-order valence-electron chi connectivity index (χ4n) is 1.49. The van der Waals surface area contributed by atoms with Gasteiger partial charge in [-0.3, -0.25) is 10.1 Å². The first-order valence-electron chi connectivity index (χ1n) is 6.08. The molecule has 104 valence electrons. The van der Waals surface area contributed by atoms with Crippen LogP contribution in [-0.4, -0.2) is 24.1 Å². The fraction of sp³-hybridized carbons (Fsp3) is 0.385. The first kappa shape index (κ1) is 15.0. The van der Waals surface area contributed by atoms with Crippen molar-refractivity contribution in [3.8, 4) is 5.75 Å². The van der Waals surface area contributed by atoms with E-state index < -0.39 is 4.92 Å². The molecule has 19 heavy (non-hydrogen) atoms. The minimum absolute atomic E-state index is 0.00320. The summed E-state index contributed by atoms with van der Waals surface area (Å²) in [6.07, 6.45) is 3.64. The summed E-state index contributed by atoms with van der Waals surface area (Å²) in [5.41, 5.74) is 5.97. The maximum absolute atomic E-state index is 10.9. The third kappa shape index (κ3) is 5.39. The van der Waals surface area contributed by atoms with Crippen LogP contribution in [0.4, 0.5) is 11.4 Å². The van der Waals surface area contributed by atoms with Gasteiger partial charge in [0.15, 0.2) is 0 Å². The maximum Gasteiger partial charge on any atom is 0.275 e. The molecule has 0 aliphatic heterocycles. The molecule has 0 heterocycles. The normalized spacial score (nSPS) is 10.9. The van der Waals surface area contributed by atoms with Crippen LogP contribution in [0.1, 0.15) is 13.8 Å². The van der Waals surface area contributed by atoms with Crippen molar-refractivity contribution < 1.29 is 9.66 Å². The SMILES string of the molecule is CC(C)Oc1cc(NC/C=C/CN)cc([N+](=O)[O-])c1. The molecule has 6 nitrogen and oxygen atoms in total. The lowest BCUT2D eigenvalue weighted by Crippen LogP contribution is -2.07. The smallest absolute Gasteiger partial charge is 0.275 e. The van der Waals surface area contributed by atoms with Gasteiger partial charge in [0, 0.05) is 30.9 Å². The van der Waals surface area contributed by atoms with Gasteiger partial charge in [0.05, 0.1) is 17.1 Å². The van der Waals surface area contributed by atoms with Crippen molar-refractivity contribution in [2.75, 3.05) is 18.4 Å². The quantitative estimate of drug-likeness (QED) is 0.448. The van der Waals surface area contributed by atoms with E-state index in [1.54, 1.807) is 6.07 Å². The molecular weight excluding hydrogens is 246 g/mol. The molecule has 1 aromatic carbocycles. The van der Waals surface area contributed by atoms with E-state index in [1.807, 2.05) is 26.0 Å². The number of benzene rings is 1. The number of nitro groups is 1. The second-order valence-electron chi connectivity index (χ2n) is 4.23. The number of nitro benzene ring substituents is 1. The van der Waals surface area contributed by atoms with Gasteiger partial charge >= 0.3 is 0 Å². The number of non-ortho nitro benzene ring substituents is 1. The zero-order chi connectivity index (χ0) is 14.3. The van der Waals surface area contributed by atoms with E-state index in [1.165, 1.54) is 12.1 Å². The summed E-state index contributed by atoms with van der Waals surface area (Å²) in [5, 5.41) is 13.9. The molecule has 0 spiro atoms. The van der Waals surface area contributed by atoms with Crippen molar-refractivity contribution in [2.24, 2.45) is 5.73 Å². The van der Waals surface area contributed by atoms with Crippen molar-refractivity contribution in [1.29, 1.82) is 0 Å². The van der Waals surface area contributed by atoms with Crippen molar-refractivity contribution in [3.63, 3.8) is 0 Å². The van der Waals surface area contributed by atoms with Crippen molar-refractivity contribution in [1.82, 2.24) is 0 Å². The van der Waals surface area contributed by atoms with Gasteiger partial charge in [-0.05, 0) is 13.8 Å². The molecule has 0 fully saturated rings. The number of rotatable bonds is 7. The lowest BCUT2D eigenvalue weighted by molar-refractivity contribution is -0.384. The largest absolute Gasteiger partial charge is 0.491 e. The molecule has 0 bridgehead atoms. The fourth-order valence-corrected chi connectivity index (χ4v) is 1.49. The number of hydrogen-bond acceptors (Lipinski definition) is 5. The Morgan fingerprint density at radius 2 is 2.16 bits per heavy atom. The second kappa shape index (κ2) is 7.38. The van der Waals surface area contributed by atoms with Gasteiger partial charge in [-0.1, -0.05) is 12.2 Å². The molecular formula is C13H19N3O3. The molecule has 1 aromatic rings. The van der Waals surface area contributed by atoms with Gasteiger partial charge in [0.2, 0.25) is 0 Å². The minimum atomic E-state index is -0.436. The number of nitrogens with zero attached hydrogens (tertiary/aromatic N) is 1. The van der Waals surface area contributed by atoms with Crippen LogP contribution < -0.4 is 15.8 Å². The van der Waals surface area contributed by atoms with Crippen LogP contribution in [0.5, 0.6) is 5.75 Å². The van der Waals surface area contributed by atoms with Gasteiger partial charge in [-0.15, -0.1) is 0 Å². The Balaban J connectivity index is 2.86. The zero-order valence-electron chi connectivity index (χ0n) is 11.1. The van der Waals surface area contributed by atoms with Gasteiger partial charge in [0.25, 0.3) is 5.69 Å². The molecule has 0 amide bonds. The van der Waals surface area contributed by atoms with E-state index in [0.29, 0.717) is 24.5 Å². The molecule has 0 radical (unpaired) electrons. The monoisotopic (exact) mass is 265 g/mol. The molecule has 3 N–H and O–H groups in total. The maximum atomic E-state index is 10.9. The molecule has 0 atom stereocenters. The van der Waals surface area contributed by atoms with E-state index in [-0.39, 0.29) is 11.8 Å². The zero-order valence-corrected chi connectivity index (χ0v) is 11.1. The van der Waals surface area contributed by atoms with E-state index in [9.17, 15) is 10.1 Å². The van der Waals surface area contributed by atoms with Crippen LogP contribution in [0.25, 0.3) is 0 Å². The van der Waals surface area contributed by atoms with Crippen LogP contribution in [0, 0.1) is 10.1 Å². The topological polar surface area (TPSA) is 90.4 Å². The first-order chi connectivity index (χ1) is 9.02. The van der Waals surface area contributed by atoms with Crippen molar-refractivity contribution in [3.05, 3.63) is 40.5 Å². The lowest BCUT2D eigenvalue weighted by atomic mass is 10.2. The second-order valence-corrected chi connectivity index (χ2v) is 4.23. The highest BCUT2D eigenvalue weighted by atomic mass is 16.6. The van der Waals surface area contributed by atoms with Crippen LogP contribution in [0.2, 0.25) is 0 Å². The van der Waals surface area contributed by atoms with Gasteiger partial charge < -0.3 is 15.8 Å². The standard InChI is InChI=1S/C13H19N3O3/c1-10(2)19-13-8-11(15-6-4-3-5-14)7-12(9-13)16(17)18/h3-4,7-10,15H,5-6,14H2,1-2H3/b4-3+. The first-order valence-corrected chi connectivity index (χ1v) is 6.08. The Labute approximate surface area is 112 Å². The third-order valence-electron chi connectivity index (χ3n) is 2.20. The summed E-state index contributed by atoms with van der Waals surface area (Å²) in [6, 6.07) is 4.63. The lowest BCUT2D eigenvalue weighted by Gasteiger charge is -2.11. The average Bonchev–Trinajstić information content (AvgIpc) is 2.33. The summed E-state index contributed by atoms with van der Waals surface area (Å²) < 4.78 is 5.49. The molecule has 1 rings (SSSR count). The van der Waals surface area contributed by atoms with E-state index in [4.69, 9.17) is 10.5 Å². The highest BCUT2D eigenvalue weighted by Crippen LogP contribution is 2.26. The number of ether oxygens (including phenoxy) is 1. The molecule has 0 saturated carbocycles. The van der Waals surface area contributed by atoms with Gasteiger partial charge in [0.1, 0.15) is 5.75 Å². The van der Waals surface area contributed by atoms with Crippen molar-refractivity contribution in [2.45, 2.75) is 20.0 Å². The highest BCUT2D eigenvalue weighted by molar-refractivity contribution is 5.56. The predicted molar refractivity (Wildman–Crippen MR) is 75.5 cm³/mol. The van der Waals surface area contributed by atoms with Crippen LogP contribution in [-0.2, 0) is 0 Å². The Morgan fingerprint density at radius 1 is 1.42 bits per heavy atom. The van der Waals surface area contributed by atoms with Gasteiger partial charge in [-0.2, -0.15) is 0 Å². The molecule has 0 saturated heterocycles. The molecule has 0 unspecified atom stereocenters. The number of nitrogens with one attached hydrogen (secondary N) is 1. The van der Waals surface area contributed by atoms with E-state index in [0.717, 1.165) is 0 Å². The summed E-state index contributed by atoms with van der Waals surface area (Å²) in [4.78, 5) is 10.4. The van der Waals surface area contributed by atoms with Crippen LogP contribution in [0.15, 0.2) is 30.4 Å². The van der Waals surface area contributed by atoms with Crippen LogP contribution in [0.3, 0.4) is 0 Å². The Morgan fingerprint density at radius 3 is 2.74 bits per heavy atom. The van der Waals surface area contributed by atoms with Crippen molar-refractivity contribution >= 4 is 11.4 Å². The van der Waals surface area contributed by atoms with Crippen LogP contribution >= 0.6 is 0 Å². The van der Waals surface area contributed by atoms with E-state index in [2.05, 4.69) is 5.32 Å².